The molecule has 154 valence electrons. The minimum atomic E-state index is -1.47. The zero-order valence-corrected chi connectivity index (χ0v) is 21.8. The van der Waals surface area contributed by atoms with Crippen LogP contribution in [0, 0.1) is 13.8 Å². The van der Waals surface area contributed by atoms with Gasteiger partial charge in [-0.3, -0.25) is 4.21 Å². The summed E-state index contributed by atoms with van der Waals surface area (Å²) in [6.07, 6.45) is 0. The Labute approximate surface area is 177 Å². The van der Waals surface area contributed by atoms with Crippen molar-refractivity contribution in [3.8, 4) is 0 Å². The third-order valence-electron chi connectivity index (χ3n) is 5.76. The highest BCUT2D eigenvalue weighted by molar-refractivity contribution is 7.85. The van der Waals surface area contributed by atoms with E-state index in [9.17, 15) is 4.21 Å². The minimum Gasteiger partial charge on any atom is -0.260 e. The molecule has 0 aliphatic heterocycles. The monoisotopic (exact) mass is 430 g/mol. The molecule has 0 spiro atoms. The molecule has 0 aliphatic carbocycles. The van der Waals surface area contributed by atoms with Gasteiger partial charge in [-0.15, -0.1) is 0 Å². The van der Waals surface area contributed by atoms with Crippen LogP contribution < -0.4 is 0 Å². The first kappa shape index (κ1) is 23.3. The average Bonchev–Trinajstić information content (AvgIpc) is 2.58. The number of benzene rings is 2. The van der Waals surface area contributed by atoms with Gasteiger partial charge in [0.1, 0.15) is 0 Å². The summed E-state index contributed by atoms with van der Waals surface area (Å²) in [5.74, 6) is 1.59. The Balaban J connectivity index is 2.23. The summed E-state index contributed by atoms with van der Waals surface area (Å²) in [5.41, 5.74) is 6.20. The Bertz CT molecular complexity index is 716. The summed E-state index contributed by atoms with van der Waals surface area (Å²) in [6.45, 7) is 18.7. The second kappa shape index (κ2) is 9.23. The summed E-state index contributed by atoms with van der Waals surface area (Å²) in [4.78, 5) is 0. The summed E-state index contributed by atoms with van der Waals surface area (Å²) >= 11 is 0. The Morgan fingerprint density at radius 2 is 0.929 bits per heavy atom. The second-order valence-electron chi connectivity index (χ2n) is 10.4. The molecule has 0 bridgehead atoms. The zero-order valence-electron chi connectivity index (χ0n) is 19.0. The molecule has 0 amide bonds. The Kier molecular flexibility index (Phi) is 7.68. The molecule has 0 fully saturated rings. The van der Waals surface area contributed by atoms with Gasteiger partial charge in [0.15, 0.2) is 0 Å². The van der Waals surface area contributed by atoms with E-state index >= 15 is 0 Å². The number of rotatable bonds is 8. The van der Waals surface area contributed by atoms with Crippen LogP contribution in [-0.4, -0.2) is 31.9 Å². The van der Waals surface area contributed by atoms with Crippen LogP contribution in [0.3, 0.4) is 0 Å². The zero-order chi connectivity index (χ0) is 21.1. The van der Waals surface area contributed by atoms with Crippen LogP contribution in [0.15, 0.2) is 48.5 Å². The van der Waals surface area contributed by atoms with Crippen LogP contribution in [-0.2, 0) is 10.8 Å². The van der Waals surface area contributed by atoms with Crippen LogP contribution in [0.25, 0.3) is 0 Å². The molecular weight excluding hydrogens is 393 g/mol. The van der Waals surface area contributed by atoms with Crippen molar-refractivity contribution in [3.05, 3.63) is 70.8 Å². The van der Waals surface area contributed by atoms with Gasteiger partial charge in [0.05, 0.1) is 16.1 Å². The maximum atomic E-state index is 13.4. The maximum absolute atomic E-state index is 13.4. The molecule has 0 aromatic heterocycles. The van der Waals surface area contributed by atoms with Gasteiger partial charge in [-0.2, -0.15) is 0 Å². The van der Waals surface area contributed by atoms with Gasteiger partial charge in [-0.1, -0.05) is 98.9 Å². The SMILES string of the molecule is Cc1ccc([C@@H](CS(=O)C[C@H](c2ccc(C)cc2)[Si](C)(C)C)[Si](C)(C)C)cc1. The van der Waals surface area contributed by atoms with Gasteiger partial charge in [0.25, 0.3) is 0 Å². The maximum Gasteiger partial charge on any atom is 0.0533 e. The lowest BCUT2D eigenvalue weighted by atomic mass is 10.1. The molecule has 2 aromatic rings. The van der Waals surface area contributed by atoms with E-state index in [0.29, 0.717) is 11.1 Å². The van der Waals surface area contributed by atoms with Crippen molar-refractivity contribution in [2.45, 2.75) is 64.2 Å². The van der Waals surface area contributed by atoms with Crippen molar-refractivity contribution in [1.82, 2.24) is 0 Å². The predicted octanol–water partition coefficient (Wildman–Crippen LogP) is 6.67. The normalized spacial score (nSPS) is 14.9. The highest BCUT2D eigenvalue weighted by atomic mass is 32.2. The van der Waals surface area contributed by atoms with E-state index in [1.54, 1.807) is 0 Å². The van der Waals surface area contributed by atoms with E-state index in [0.717, 1.165) is 11.5 Å². The third kappa shape index (κ3) is 6.53. The fourth-order valence-electron chi connectivity index (χ4n) is 3.73. The van der Waals surface area contributed by atoms with E-state index in [1.807, 2.05) is 0 Å². The van der Waals surface area contributed by atoms with E-state index < -0.39 is 26.9 Å². The molecule has 4 heteroatoms. The predicted molar refractivity (Wildman–Crippen MR) is 132 cm³/mol. The first-order valence-corrected chi connectivity index (χ1v) is 19.0. The highest BCUT2D eigenvalue weighted by Gasteiger charge is 2.33. The van der Waals surface area contributed by atoms with Gasteiger partial charge >= 0.3 is 0 Å². The largest absolute Gasteiger partial charge is 0.260 e. The summed E-state index contributed by atoms with van der Waals surface area (Å²) in [6, 6.07) is 17.8. The Morgan fingerprint density at radius 3 is 1.18 bits per heavy atom. The summed E-state index contributed by atoms with van der Waals surface area (Å²) < 4.78 is 13.4. The number of hydrogen-bond donors (Lipinski definition) is 0. The number of hydrogen-bond acceptors (Lipinski definition) is 1. The van der Waals surface area contributed by atoms with E-state index in [-0.39, 0.29) is 0 Å². The molecule has 2 aromatic carbocycles. The molecule has 1 nitrogen and oxygen atoms in total. The lowest BCUT2D eigenvalue weighted by Gasteiger charge is -2.32. The molecule has 2 rings (SSSR count). The number of aryl methyl sites for hydroxylation is 2. The van der Waals surface area contributed by atoms with Crippen LogP contribution in [0.1, 0.15) is 33.3 Å². The van der Waals surface area contributed by atoms with Crippen molar-refractivity contribution < 1.29 is 4.21 Å². The molecule has 0 unspecified atom stereocenters. The third-order valence-corrected chi connectivity index (χ3v) is 13.0. The minimum absolute atomic E-state index is 0.439. The Hall–Kier alpha value is -0.976. The lowest BCUT2D eigenvalue weighted by molar-refractivity contribution is 0.679. The van der Waals surface area contributed by atoms with Gasteiger partial charge in [-0.05, 0) is 36.1 Å². The molecule has 28 heavy (non-hydrogen) atoms. The fourth-order valence-corrected chi connectivity index (χ4v) is 12.5. The topological polar surface area (TPSA) is 17.1 Å². The first-order valence-electron chi connectivity index (χ1n) is 10.4. The van der Waals surface area contributed by atoms with Gasteiger partial charge in [0.2, 0.25) is 0 Å². The molecule has 0 heterocycles. The molecule has 0 saturated carbocycles. The van der Waals surface area contributed by atoms with Crippen LogP contribution in [0.2, 0.25) is 39.3 Å². The standard InChI is InChI=1S/C24H38OSSi2/c1-19-9-13-21(14-10-19)23(27(3,4)5)17-26(25)18-24(28(6,7)8)22-15-11-20(2)12-16-22/h9-16,23-24H,17-18H2,1-8H3/t23-,24-/m1/s1. The highest BCUT2D eigenvalue weighted by Crippen LogP contribution is 2.32. The van der Waals surface area contributed by atoms with Crippen LogP contribution in [0.4, 0.5) is 0 Å². The summed E-state index contributed by atoms with van der Waals surface area (Å²) in [7, 11) is -3.76. The summed E-state index contributed by atoms with van der Waals surface area (Å²) in [5, 5.41) is 0. The van der Waals surface area contributed by atoms with Crippen molar-refractivity contribution in [2.75, 3.05) is 11.5 Å². The van der Waals surface area contributed by atoms with Crippen molar-refractivity contribution in [2.24, 2.45) is 0 Å². The van der Waals surface area contributed by atoms with E-state index in [4.69, 9.17) is 0 Å². The quantitative estimate of drug-likeness (QED) is 0.427. The molecule has 0 radical (unpaired) electrons. The molecular formula is C24H38OSSi2. The van der Waals surface area contributed by atoms with Crippen LogP contribution >= 0.6 is 0 Å². The van der Waals surface area contributed by atoms with Gasteiger partial charge in [-0.25, -0.2) is 0 Å². The molecule has 2 atom stereocenters. The van der Waals surface area contributed by atoms with E-state index in [1.165, 1.54) is 22.3 Å². The molecule has 0 aliphatic rings. The van der Waals surface area contributed by atoms with Crippen molar-refractivity contribution in [1.29, 1.82) is 0 Å². The van der Waals surface area contributed by atoms with E-state index in [2.05, 4.69) is 102 Å². The Morgan fingerprint density at radius 1 is 0.643 bits per heavy atom. The van der Waals surface area contributed by atoms with Crippen LogP contribution in [0.5, 0.6) is 0 Å². The molecule has 0 saturated heterocycles. The second-order valence-corrected chi connectivity index (χ2v) is 22.8. The van der Waals surface area contributed by atoms with Gasteiger partial charge < -0.3 is 0 Å². The van der Waals surface area contributed by atoms with Crippen molar-refractivity contribution in [3.63, 3.8) is 0 Å². The average molecular weight is 431 g/mol. The smallest absolute Gasteiger partial charge is 0.0533 e. The molecule has 0 N–H and O–H groups in total. The van der Waals surface area contributed by atoms with Crippen molar-refractivity contribution >= 4 is 26.9 Å². The first-order chi connectivity index (χ1) is 12.9. The van der Waals surface area contributed by atoms with Gasteiger partial charge in [0, 0.05) is 22.3 Å². The lowest BCUT2D eigenvalue weighted by Crippen LogP contribution is -2.38. The fraction of sp³-hybridized carbons (Fsp3) is 0.500.